The quantitative estimate of drug-likeness (QED) is 0.644. The second kappa shape index (κ2) is 5.03. The van der Waals surface area contributed by atoms with E-state index in [-0.39, 0.29) is 0 Å². The third-order valence-corrected chi connectivity index (χ3v) is 3.97. The maximum atomic E-state index is 5.35. The van der Waals surface area contributed by atoms with Crippen molar-refractivity contribution in [1.82, 2.24) is 4.90 Å². The highest BCUT2D eigenvalue weighted by molar-refractivity contribution is 4.82. The van der Waals surface area contributed by atoms with Gasteiger partial charge in [-0.05, 0) is 18.8 Å². The van der Waals surface area contributed by atoms with Crippen LogP contribution in [0.3, 0.4) is 0 Å². The number of ether oxygens (including phenoxy) is 2. The Morgan fingerprint density at radius 3 is 1.88 bits per heavy atom. The fourth-order valence-corrected chi connectivity index (χ4v) is 2.88. The molecule has 0 aromatic rings. The van der Waals surface area contributed by atoms with Gasteiger partial charge in [-0.3, -0.25) is 4.90 Å². The molecular formula is C13H23NO2. The van der Waals surface area contributed by atoms with Gasteiger partial charge in [-0.2, -0.15) is 0 Å². The van der Waals surface area contributed by atoms with E-state index in [0.717, 1.165) is 32.2 Å². The summed E-state index contributed by atoms with van der Waals surface area (Å²) in [6, 6.07) is 0. The van der Waals surface area contributed by atoms with Crippen molar-refractivity contribution in [3.05, 3.63) is 0 Å². The van der Waals surface area contributed by atoms with Crippen LogP contribution in [0.2, 0.25) is 0 Å². The summed E-state index contributed by atoms with van der Waals surface area (Å²) in [7, 11) is 0. The first-order valence-electron chi connectivity index (χ1n) is 6.86. The highest BCUT2D eigenvalue weighted by Gasteiger charge is 2.31. The van der Waals surface area contributed by atoms with E-state index in [1.54, 1.807) is 0 Å². The van der Waals surface area contributed by atoms with Crippen molar-refractivity contribution in [3.63, 3.8) is 0 Å². The van der Waals surface area contributed by atoms with Gasteiger partial charge in [0, 0.05) is 19.6 Å². The Bertz CT molecular complexity index is 206. The summed E-state index contributed by atoms with van der Waals surface area (Å²) in [5.41, 5.74) is 0. The minimum Gasteiger partial charge on any atom is -0.372 e. The molecule has 3 nitrogen and oxygen atoms in total. The van der Waals surface area contributed by atoms with Gasteiger partial charge in [0.25, 0.3) is 0 Å². The molecule has 3 heteroatoms. The van der Waals surface area contributed by atoms with Crippen LogP contribution in [0.5, 0.6) is 0 Å². The van der Waals surface area contributed by atoms with Crippen LogP contribution in [0.25, 0.3) is 0 Å². The maximum absolute atomic E-state index is 5.35. The predicted molar refractivity (Wildman–Crippen MR) is 62.5 cm³/mol. The standard InChI is InChI=1S/C13H23NO2/c1-2-4-11(5-3-1)6-14(7-12-9-15-12)8-13-10-16-13/h11-13H,1-10H2. The summed E-state index contributed by atoms with van der Waals surface area (Å²) in [4.78, 5) is 2.59. The summed E-state index contributed by atoms with van der Waals surface area (Å²) in [5.74, 6) is 0.936. The molecule has 16 heavy (non-hydrogen) atoms. The molecule has 2 atom stereocenters. The molecule has 1 saturated carbocycles. The topological polar surface area (TPSA) is 28.3 Å². The lowest BCUT2D eigenvalue weighted by Crippen LogP contribution is -2.36. The zero-order valence-corrected chi connectivity index (χ0v) is 10.1. The summed E-state index contributed by atoms with van der Waals surface area (Å²) in [6.07, 6.45) is 8.27. The molecule has 2 heterocycles. The maximum Gasteiger partial charge on any atom is 0.0936 e. The van der Waals surface area contributed by atoms with Gasteiger partial charge < -0.3 is 9.47 Å². The van der Waals surface area contributed by atoms with Crippen LogP contribution in [-0.2, 0) is 9.47 Å². The molecule has 2 aliphatic heterocycles. The SMILES string of the molecule is C1CCC(CN(CC2CO2)CC2CO2)CC1. The van der Waals surface area contributed by atoms with Gasteiger partial charge in [-0.1, -0.05) is 19.3 Å². The zero-order valence-electron chi connectivity index (χ0n) is 10.1. The number of hydrogen-bond donors (Lipinski definition) is 0. The summed E-state index contributed by atoms with van der Waals surface area (Å²) < 4.78 is 10.7. The minimum atomic E-state index is 0.530. The molecule has 2 saturated heterocycles. The first kappa shape index (κ1) is 11.0. The average Bonchev–Trinajstić information content (AvgIpc) is 3.15. The van der Waals surface area contributed by atoms with Gasteiger partial charge in [0.15, 0.2) is 0 Å². The van der Waals surface area contributed by atoms with Crippen molar-refractivity contribution < 1.29 is 9.47 Å². The van der Waals surface area contributed by atoms with E-state index in [4.69, 9.17) is 9.47 Å². The van der Waals surface area contributed by atoms with E-state index in [0.29, 0.717) is 12.2 Å². The normalized spacial score (nSPS) is 34.3. The summed E-state index contributed by atoms with van der Waals surface area (Å²) >= 11 is 0. The van der Waals surface area contributed by atoms with Gasteiger partial charge in [0.2, 0.25) is 0 Å². The van der Waals surface area contributed by atoms with Crippen molar-refractivity contribution in [3.8, 4) is 0 Å². The van der Waals surface area contributed by atoms with Crippen LogP contribution in [-0.4, -0.2) is 50.0 Å². The Kier molecular flexibility index (Phi) is 3.46. The second-order valence-electron chi connectivity index (χ2n) is 5.63. The molecule has 3 aliphatic rings. The lowest BCUT2D eigenvalue weighted by Gasteiger charge is -2.29. The highest BCUT2D eigenvalue weighted by atomic mass is 16.6. The molecule has 1 aliphatic carbocycles. The van der Waals surface area contributed by atoms with Crippen molar-refractivity contribution in [2.45, 2.75) is 44.3 Å². The van der Waals surface area contributed by atoms with E-state index in [1.165, 1.54) is 38.6 Å². The van der Waals surface area contributed by atoms with Crippen LogP contribution in [0.4, 0.5) is 0 Å². The van der Waals surface area contributed by atoms with E-state index in [1.807, 2.05) is 0 Å². The predicted octanol–water partition coefficient (Wildman–Crippen LogP) is 1.67. The molecule has 0 amide bonds. The monoisotopic (exact) mass is 225 g/mol. The Morgan fingerprint density at radius 2 is 1.38 bits per heavy atom. The molecule has 92 valence electrons. The Balaban J connectivity index is 1.45. The molecule has 0 bridgehead atoms. The third-order valence-electron chi connectivity index (χ3n) is 3.97. The Hall–Kier alpha value is -0.120. The van der Waals surface area contributed by atoms with Crippen molar-refractivity contribution in [1.29, 1.82) is 0 Å². The number of rotatable bonds is 6. The fourth-order valence-electron chi connectivity index (χ4n) is 2.88. The molecule has 0 aromatic heterocycles. The third kappa shape index (κ3) is 3.44. The average molecular weight is 225 g/mol. The Morgan fingerprint density at radius 1 is 0.812 bits per heavy atom. The van der Waals surface area contributed by atoms with Crippen LogP contribution in [0.15, 0.2) is 0 Å². The van der Waals surface area contributed by atoms with Gasteiger partial charge in [0.1, 0.15) is 0 Å². The summed E-state index contributed by atoms with van der Waals surface area (Å²) in [6.45, 7) is 5.51. The minimum absolute atomic E-state index is 0.530. The summed E-state index contributed by atoms with van der Waals surface area (Å²) in [5, 5.41) is 0. The van der Waals surface area contributed by atoms with E-state index in [9.17, 15) is 0 Å². The molecule has 0 radical (unpaired) electrons. The lowest BCUT2D eigenvalue weighted by atomic mass is 9.89. The molecule has 3 rings (SSSR count). The zero-order chi connectivity index (χ0) is 10.8. The number of nitrogens with zero attached hydrogens (tertiary/aromatic N) is 1. The molecule has 2 unspecified atom stereocenters. The van der Waals surface area contributed by atoms with Gasteiger partial charge in [-0.15, -0.1) is 0 Å². The molecule has 3 fully saturated rings. The van der Waals surface area contributed by atoms with Gasteiger partial charge >= 0.3 is 0 Å². The number of hydrogen-bond acceptors (Lipinski definition) is 3. The van der Waals surface area contributed by atoms with Crippen molar-refractivity contribution >= 4 is 0 Å². The molecule has 0 aromatic carbocycles. The Labute approximate surface area is 98.1 Å². The molecular weight excluding hydrogens is 202 g/mol. The first-order chi connectivity index (χ1) is 7.90. The van der Waals surface area contributed by atoms with Crippen molar-refractivity contribution in [2.75, 3.05) is 32.8 Å². The first-order valence-corrected chi connectivity index (χ1v) is 6.86. The van der Waals surface area contributed by atoms with Gasteiger partial charge in [-0.25, -0.2) is 0 Å². The second-order valence-corrected chi connectivity index (χ2v) is 5.63. The van der Waals surface area contributed by atoms with Crippen molar-refractivity contribution in [2.24, 2.45) is 5.92 Å². The van der Waals surface area contributed by atoms with Crippen LogP contribution >= 0.6 is 0 Å². The number of epoxide rings is 2. The molecule has 0 spiro atoms. The fraction of sp³-hybridized carbons (Fsp3) is 1.00. The van der Waals surface area contributed by atoms with E-state index < -0.39 is 0 Å². The van der Waals surface area contributed by atoms with Crippen LogP contribution in [0.1, 0.15) is 32.1 Å². The van der Waals surface area contributed by atoms with E-state index >= 15 is 0 Å². The van der Waals surface area contributed by atoms with Crippen LogP contribution in [0, 0.1) is 5.92 Å². The van der Waals surface area contributed by atoms with Gasteiger partial charge in [0.05, 0.1) is 25.4 Å². The van der Waals surface area contributed by atoms with E-state index in [2.05, 4.69) is 4.90 Å². The smallest absolute Gasteiger partial charge is 0.0936 e. The highest BCUT2D eigenvalue weighted by Crippen LogP contribution is 2.26. The lowest BCUT2D eigenvalue weighted by molar-refractivity contribution is 0.172. The largest absolute Gasteiger partial charge is 0.372 e. The molecule has 0 N–H and O–H groups in total. The van der Waals surface area contributed by atoms with Crippen LogP contribution < -0.4 is 0 Å².